The summed E-state index contributed by atoms with van der Waals surface area (Å²) >= 11 is 0. The summed E-state index contributed by atoms with van der Waals surface area (Å²) in [6.07, 6.45) is 12.7. The number of benzene rings is 1. The number of aromatic nitrogens is 1. The molecule has 2 heterocycles. The molecule has 0 bridgehead atoms. The Morgan fingerprint density at radius 3 is 2.75 bits per heavy atom. The SMILES string of the molecule is O=C(CC=CCc1ccc2c(c1)OCO2)N(c1ccccn1)C1CCCCC1. The van der Waals surface area contributed by atoms with Gasteiger partial charge in [-0.1, -0.05) is 43.5 Å². The van der Waals surface area contributed by atoms with Gasteiger partial charge in [-0.25, -0.2) is 4.98 Å². The maximum Gasteiger partial charge on any atom is 0.232 e. The molecule has 1 aliphatic carbocycles. The summed E-state index contributed by atoms with van der Waals surface area (Å²) < 4.78 is 10.8. The third kappa shape index (κ3) is 4.35. The first-order chi connectivity index (χ1) is 13.8. The van der Waals surface area contributed by atoms with Crippen molar-refractivity contribution in [2.75, 3.05) is 11.7 Å². The molecule has 0 atom stereocenters. The minimum Gasteiger partial charge on any atom is -0.454 e. The van der Waals surface area contributed by atoms with Crippen LogP contribution in [0.3, 0.4) is 0 Å². The zero-order valence-corrected chi connectivity index (χ0v) is 16.0. The van der Waals surface area contributed by atoms with Crippen LogP contribution < -0.4 is 14.4 Å². The summed E-state index contributed by atoms with van der Waals surface area (Å²) in [6.45, 7) is 0.285. The van der Waals surface area contributed by atoms with E-state index in [9.17, 15) is 4.79 Å². The van der Waals surface area contributed by atoms with E-state index in [0.717, 1.165) is 42.1 Å². The van der Waals surface area contributed by atoms with E-state index in [0.29, 0.717) is 6.42 Å². The highest BCUT2D eigenvalue weighted by Gasteiger charge is 2.26. The molecule has 0 saturated heterocycles. The Morgan fingerprint density at radius 2 is 1.93 bits per heavy atom. The summed E-state index contributed by atoms with van der Waals surface area (Å²) in [7, 11) is 0. The fraction of sp³-hybridized carbons (Fsp3) is 0.391. The molecule has 0 spiro atoms. The molecule has 2 aromatic rings. The van der Waals surface area contributed by atoms with Gasteiger partial charge in [0.1, 0.15) is 5.82 Å². The number of nitrogens with zero attached hydrogens (tertiary/aromatic N) is 2. The van der Waals surface area contributed by atoms with Gasteiger partial charge in [0.15, 0.2) is 11.5 Å². The molecule has 2 aliphatic rings. The maximum absolute atomic E-state index is 13.0. The first-order valence-corrected chi connectivity index (χ1v) is 10.1. The number of hydrogen-bond acceptors (Lipinski definition) is 4. The molecular weight excluding hydrogens is 352 g/mol. The van der Waals surface area contributed by atoms with Crippen LogP contribution in [-0.2, 0) is 11.2 Å². The maximum atomic E-state index is 13.0. The zero-order valence-electron chi connectivity index (χ0n) is 16.0. The van der Waals surface area contributed by atoms with Crippen LogP contribution in [0.4, 0.5) is 5.82 Å². The van der Waals surface area contributed by atoms with Crippen LogP contribution in [0, 0.1) is 0 Å². The van der Waals surface area contributed by atoms with Crippen molar-refractivity contribution in [3.63, 3.8) is 0 Å². The van der Waals surface area contributed by atoms with Crippen LogP contribution in [0.2, 0.25) is 0 Å². The van der Waals surface area contributed by atoms with E-state index < -0.39 is 0 Å². The molecule has 1 saturated carbocycles. The topological polar surface area (TPSA) is 51.7 Å². The fourth-order valence-corrected chi connectivity index (χ4v) is 3.92. The molecule has 5 nitrogen and oxygen atoms in total. The average Bonchev–Trinajstić information content (AvgIpc) is 3.21. The van der Waals surface area contributed by atoms with E-state index in [2.05, 4.69) is 4.98 Å². The molecule has 1 aromatic carbocycles. The Morgan fingerprint density at radius 1 is 1.07 bits per heavy atom. The van der Waals surface area contributed by atoms with Crippen LogP contribution in [0.15, 0.2) is 54.7 Å². The lowest BCUT2D eigenvalue weighted by Gasteiger charge is -2.33. The average molecular weight is 378 g/mol. The molecule has 28 heavy (non-hydrogen) atoms. The van der Waals surface area contributed by atoms with E-state index in [1.165, 1.54) is 19.3 Å². The van der Waals surface area contributed by atoms with Crippen LogP contribution in [-0.4, -0.2) is 23.7 Å². The second kappa shape index (κ2) is 8.91. The van der Waals surface area contributed by atoms with Gasteiger partial charge < -0.3 is 9.47 Å². The minimum atomic E-state index is 0.118. The van der Waals surface area contributed by atoms with Crippen molar-refractivity contribution in [3.05, 3.63) is 60.3 Å². The Balaban J connectivity index is 1.39. The van der Waals surface area contributed by atoms with Gasteiger partial charge in [-0.2, -0.15) is 0 Å². The van der Waals surface area contributed by atoms with Gasteiger partial charge in [0, 0.05) is 18.7 Å². The first kappa shape index (κ1) is 18.5. The summed E-state index contributed by atoms with van der Waals surface area (Å²) in [5, 5.41) is 0. The normalized spacial score (nSPS) is 16.4. The largest absolute Gasteiger partial charge is 0.454 e. The van der Waals surface area contributed by atoms with Crippen molar-refractivity contribution in [2.24, 2.45) is 0 Å². The lowest BCUT2D eigenvalue weighted by molar-refractivity contribution is -0.118. The van der Waals surface area contributed by atoms with E-state index in [1.807, 2.05) is 53.5 Å². The standard InChI is InChI=1S/C23H26N2O3/c26-23(12-5-4-8-18-13-14-20-21(16-18)28-17-27-20)25(19-9-2-1-3-10-19)22-11-6-7-15-24-22/h4-7,11,13-16,19H,1-3,8-10,12,17H2. The smallest absolute Gasteiger partial charge is 0.232 e. The number of rotatable bonds is 6. The van der Waals surface area contributed by atoms with Crippen LogP contribution in [0.5, 0.6) is 11.5 Å². The monoisotopic (exact) mass is 378 g/mol. The summed E-state index contributed by atoms with van der Waals surface area (Å²) in [5.74, 6) is 2.47. The van der Waals surface area contributed by atoms with Crippen molar-refractivity contribution in [1.29, 1.82) is 0 Å². The Hall–Kier alpha value is -2.82. The summed E-state index contributed by atoms with van der Waals surface area (Å²) in [6, 6.07) is 12.0. The highest BCUT2D eigenvalue weighted by Crippen LogP contribution is 2.32. The number of hydrogen-bond donors (Lipinski definition) is 0. The van der Waals surface area contributed by atoms with Gasteiger partial charge in [0.2, 0.25) is 12.7 Å². The molecule has 5 heteroatoms. The van der Waals surface area contributed by atoms with Gasteiger partial charge in [0.25, 0.3) is 0 Å². The van der Waals surface area contributed by atoms with Gasteiger partial charge in [0.05, 0.1) is 0 Å². The van der Waals surface area contributed by atoms with Crippen molar-refractivity contribution in [2.45, 2.75) is 51.0 Å². The highest BCUT2D eigenvalue weighted by molar-refractivity contribution is 5.93. The number of anilines is 1. The van der Waals surface area contributed by atoms with Crippen molar-refractivity contribution < 1.29 is 14.3 Å². The van der Waals surface area contributed by atoms with E-state index in [-0.39, 0.29) is 18.7 Å². The Labute approximate surface area is 166 Å². The quantitative estimate of drug-likeness (QED) is 0.686. The summed E-state index contributed by atoms with van der Waals surface area (Å²) in [5.41, 5.74) is 1.14. The molecule has 1 amide bonds. The first-order valence-electron chi connectivity index (χ1n) is 10.1. The van der Waals surface area contributed by atoms with Crippen molar-refractivity contribution >= 4 is 11.7 Å². The molecule has 0 radical (unpaired) electrons. The molecule has 0 unspecified atom stereocenters. The predicted octanol–water partition coefficient (Wildman–Crippen LogP) is 4.67. The number of amides is 1. The third-order valence-corrected chi connectivity index (χ3v) is 5.35. The van der Waals surface area contributed by atoms with Gasteiger partial charge in [-0.15, -0.1) is 0 Å². The molecule has 1 aromatic heterocycles. The van der Waals surface area contributed by atoms with Crippen LogP contribution in [0.1, 0.15) is 44.1 Å². The predicted molar refractivity (Wildman–Crippen MR) is 109 cm³/mol. The molecule has 0 N–H and O–H groups in total. The summed E-state index contributed by atoms with van der Waals surface area (Å²) in [4.78, 5) is 19.4. The number of carbonyl (C=O) groups excluding carboxylic acids is 1. The van der Waals surface area contributed by atoms with E-state index in [1.54, 1.807) is 6.20 Å². The number of carbonyl (C=O) groups is 1. The van der Waals surface area contributed by atoms with E-state index in [4.69, 9.17) is 9.47 Å². The lowest BCUT2D eigenvalue weighted by atomic mass is 9.94. The highest BCUT2D eigenvalue weighted by atomic mass is 16.7. The second-order valence-electron chi connectivity index (χ2n) is 7.31. The fourth-order valence-electron chi connectivity index (χ4n) is 3.92. The molecular formula is C23H26N2O3. The van der Waals surface area contributed by atoms with Gasteiger partial charge >= 0.3 is 0 Å². The molecule has 4 rings (SSSR count). The minimum absolute atomic E-state index is 0.118. The van der Waals surface area contributed by atoms with Gasteiger partial charge in [-0.3, -0.25) is 9.69 Å². The van der Waals surface area contributed by atoms with Crippen LogP contribution in [0.25, 0.3) is 0 Å². The number of pyridine rings is 1. The third-order valence-electron chi connectivity index (χ3n) is 5.35. The molecule has 1 aliphatic heterocycles. The number of ether oxygens (including phenoxy) is 2. The van der Waals surface area contributed by atoms with E-state index >= 15 is 0 Å². The Bertz CT molecular complexity index is 829. The second-order valence-corrected chi connectivity index (χ2v) is 7.31. The number of allylic oxidation sites excluding steroid dienone is 1. The van der Waals surface area contributed by atoms with Crippen molar-refractivity contribution in [1.82, 2.24) is 4.98 Å². The Kier molecular flexibility index (Phi) is 5.90. The zero-order chi connectivity index (χ0) is 19.2. The number of fused-ring (bicyclic) bond motifs is 1. The lowest BCUT2D eigenvalue weighted by Crippen LogP contribution is -2.41. The molecule has 146 valence electrons. The molecule has 1 fully saturated rings. The van der Waals surface area contributed by atoms with Crippen LogP contribution >= 0.6 is 0 Å². The van der Waals surface area contributed by atoms with Crippen molar-refractivity contribution in [3.8, 4) is 11.5 Å². The van der Waals surface area contributed by atoms with Gasteiger partial charge in [-0.05, 0) is 49.1 Å².